The summed E-state index contributed by atoms with van der Waals surface area (Å²) in [6.45, 7) is 7.42. The number of rotatable bonds is 10. The van der Waals surface area contributed by atoms with Gasteiger partial charge < -0.3 is 45.5 Å². The molecule has 2 aromatic carbocycles. The van der Waals surface area contributed by atoms with E-state index in [-0.39, 0.29) is 47.3 Å². The summed E-state index contributed by atoms with van der Waals surface area (Å²) >= 11 is 6.54. The molecule has 318 valence electrons. The molecule has 4 aromatic rings. The number of alkyl carbamates (subject to hydrolysis) is 1. The van der Waals surface area contributed by atoms with E-state index >= 15 is 0 Å². The van der Waals surface area contributed by atoms with E-state index in [4.69, 9.17) is 17.3 Å². The Morgan fingerprint density at radius 1 is 0.983 bits per heavy atom. The van der Waals surface area contributed by atoms with Crippen molar-refractivity contribution >= 4 is 52.8 Å². The van der Waals surface area contributed by atoms with Crippen LogP contribution >= 0.6 is 11.6 Å². The van der Waals surface area contributed by atoms with Gasteiger partial charge in [-0.05, 0) is 30.2 Å². The molecule has 0 spiro atoms. The van der Waals surface area contributed by atoms with Crippen molar-refractivity contribution in [2.75, 3.05) is 56.6 Å². The van der Waals surface area contributed by atoms with Gasteiger partial charge in [0.15, 0.2) is 0 Å². The number of likely N-dealkylation sites (tertiary alicyclic amines) is 1. The number of H-pyrrole nitrogens is 1. The topological polar surface area (TPSA) is 205 Å². The van der Waals surface area contributed by atoms with Gasteiger partial charge in [0.25, 0.3) is 5.91 Å². The maximum atomic E-state index is 13.7. The molecule has 0 saturated carbocycles. The molecule has 20 heteroatoms. The maximum absolute atomic E-state index is 13.7. The number of nitrogens with zero attached hydrogens (tertiary/aromatic N) is 5. The van der Waals surface area contributed by atoms with Crippen molar-refractivity contribution in [1.29, 1.82) is 0 Å². The molecule has 2 fully saturated rings. The van der Waals surface area contributed by atoms with Crippen molar-refractivity contribution < 1.29 is 46.6 Å². The highest BCUT2D eigenvalue weighted by atomic mass is 35.5. The quantitative estimate of drug-likeness (QED) is 0.161. The van der Waals surface area contributed by atoms with Crippen LogP contribution in [0.25, 0.3) is 22.4 Å². The summed E-state index contributed by atoms with van der Waals surface area (Å²) in [5, 5.41) is 4.81. The number of benzene rings is 2. The van der Waals surface area contributed by atoms with Crippen LogP contribution < -0.4 is 26.0 Å². The maximum Gasteiger partial charge on any atom is 0.573 e. The molecule has 60 heavy (non-hydrogen) atoms. The summed E-state index contributed by atoms with van der Waals surface area (Å²) in [6.07, 6.45) is -2.77. The third-order valence-electron chi connectivity index (χ3n) is 10.1. The Balaban J connectivity index is 1.16. The van der Waals surface area contributed by atoms with Crippen LogP contribution in [0, 0.1) is 11.3 Å². The number of primary amides is 1. The molecule has 4 heterocycles. The first-order valence-corrected chi connectivity index (χ1v) is 19.2. The fraction of sp³-hybridized carbons (Fsp3) is 0.375. The average Bonchev–Trinajstić information content (AvgIpc) is 3.89. The summed E-state index contributed by atoms with van der Waals surface area (Å²) < 4.78 is 50.0. The van der Waals surface area contributed by atoms with Gasteiger partial charge in [0.1, 0.15) is 23.9 Å². The number of hydrogen-bond donors (Lipinski definition) is 4. The molecule has 2 atom stereocenters. The number of alkyl halides is 3. The van der Waals surface area contributed by atoms with Crippen molar-refractivity contribution in [2.45, 2.75) is 39.6 Å². The number of ether oxygens (including phenoxy) is 2. The van der Waals surface area contributed by atoms with Crippen molar-refractivity contribution in [3.05, 3.63) is 77.3 Å². The van der Waals surface area contributed by atoms with Gasteiger partial charge in [0.05, 0.1) is 41.0 Å². The second-order valence-corrected chi connectivity index (χ2v) is 15.7. The number of aromatic amines is 1. The van der Waals surface area contributed by atoms with Crippen LogP contribution in [-0.2, 0) is 19.1 Å². The number of amides is 5. The Labute approximate surface area is 347 Å². The Hall–Kier alpha value is -6.37. The largest absolute Gasteiger partial charge is 0.573 e. The third kappa shape index (κ3) is 10.1. The summed E-state index contributed by atoms with van der Waals surface area (Å²) in [7, 11) is 1.16. The molecule has 5 N–H and O–H groups in total. The number of pyridine rings is 1. The summed E-state index contributed by atoms with van der Waals surface area (Å²) in [5.74, 6) is -2.00. The smallest absolute Gasteiger partial charge is 0.453 e. The first-order chi connectivity index (χ1) is 28.3. The standard InChI is InChI=1S/C40H43ClF3N9O7/c1-39(2,3)37(57)52-13-11-51(12-14-52)32-10-9-24(18-46-32)36(56)50-28-17-31(60-40(42,43)44)26(16-27(28)41)22-5-7-23(8-6-22)29-19-47-35(49-29)30-15-25(34(45)55)21-53(30)33(54)20-48-38(58)59-4/h5-10,16-19,25,30H,11-15,20-21H2,1-4H3,(H2,45,55)(H,47,49)(H,48,58)(H,50,56). The van der Waals surface area contributed by atoms with Gasteiger partial charge >= 0.3 is 12.5 Å². The monoisotopic (exact) mass is 853 g/mol. The number of hydrogen-bond acceptors (Lipinski definition) is 10. The molecule has 2 aliphatic heterocycles. The summed E-state index contributed by atoms with van der Waals surface area (Å²) in [4.78, 5) is 79.7. The summed E-state index contributed by atoms with van der Waals surface area (Å²) in [6, 6.07) is 11.1. The number of nitrogens with two attached hydrogens (primary N) is 1. The van der Waals surface area contributed by atoms with Crippen LogP contribution in [0.1, 0.15) is 49.4 Å². The number of anilines is 2. The van der Waals surface area contributed by atoms with Gasteiger partial charge in [0.2, 0.25) is 17.7 Å². The fourth-order valence-corrected chi connectivity index (χ4v) is 7.18. The second-order valence-electron chi connectivity index (χ2n) is 15.3. The number of piperazine rings is 1. The van der Waals surface area contributed by atoms with Gasteiger partial charge in [-0.2, -0.15) is 0 Å². The zero-order valence-corrected chi connectivity index (χ0v) is 33.8. The van der Waals surface area contributed by atoms with Crippen LogP contribution in [0.5, 0.6) is 5.75 Å². The minimum absolute atomic E-state index is 0.0157. The normalized spacial score (nSPS) is 17.0. The molecule has 0 bridgehead atoms. The molecule has 2 aliphatic rings. The highest BCUT2D eigenvalue weighted by Crippen LogP contribution is 2.41. The molecule has 2 unspecified atom stereocenters. The van der Waals surface area contributed by atoms with Crippen molar-refractivity contribution in [2.24, 2.45) is 17.1 Å². The molecule has 6 rings (SSSR count). The lowest BCUT2D eigenvalue weighted by Crippen LogP contribution is -2.51. The average molecular weight is 854 g/mol. The lowest BCUT2D eigenvalue weighted by molar-refractivity contribution is -0.274. The zero-order chi connectivity index (χ0) is 43.5. The van der Waals surface area contributed by atoms with E-state index in [2.05, 4.69) is 35.1 Å². The molecular weight excluding hydrogens is 811 g/mol. The van der Waals surface area contributed by atoms with E-state index in [9.17, 15) is 37.1 Å². The van der Waals surface area contributed by atoms with Crippen LogP contribution in [0.2, 0.25) is 5.02 Å². The molecule has 0 radical (unpaired) electrons. The number of aromatic nitrogens is 3. The Bertz CT molecular complexity index is 2260. The number of imidazole rings is 1. The number of carbonyl (C=O) groups excluding carboxylic acids is 5. The molecular formula is C40H43ClF3N9O7. The minimum atomic E-state index is -5.08. The van der Waals surface area contributed by atoms with Crippen molar-refractivity contribution in [3.8, 4) is 28.1 Å². The van der Waals surface area contributed by atoms with E-state index in [0.29, 0.717) is 54.6 Å². The summed E-state index contributed by atoms with van der Waals surface area (Å²) in [5.41, 5.74) is 6.33. The van der Waals surface area contributed by atoms with E-state index in [1.54, 1.807) is 36.5 Å². The SMILES string of the molecule is COC(=O)NCC(=O)N1CC(C(N)=O)CC1c1nc(-c2ccc(-c3cc(Cl)c(NC(=O)c4ccc(N5CCN(C(=O)C(C)(C)C)CC5)nc4)cc3OC(F)(F)F)cc2)c[nH]1. The van der Waals surface area contributed by atoms with Crippen molar-refractivity contribution in [3.63, 3.8) is 0 Å². The van der Waals surface area contributed by atoms with Gasteiger partial charge in [-0.1, -0.05) is 56.6 Å². The minimum Gasteiger partial charge on any atom is -0.453 e. The van der Waals surface area contributed by atoms with Crippen LogP contribution in [-0.4, -0.2) is 107 Å². The predicted molar refractivity (Wildman–Crippen MR) is 214 cm³/mol. The molecule has 5 amide bonds. The first kappa shape index (κ1) is 43.2. The van der Waals surface area contributed by atoms with Gasteiger partial charge in [-0.3, -0.25) is 19.2 Å². The highest BCUT2D eigenvalue weighted by molar-refractivity contribution is 6.34. The van der Waals surface area contributed by atoms with Crippen LogP contribution in [0.4, 0.5) is 29.5 Å². The lowest BCUT2D eigenvalue weighted by Gasteiger charge is -2.38. The molecule has 2 saturated heterocycles. The Morgan fingerprint density at radius 2 is 1.67 bits per heavy atom. The number of nitrogens with one attached hydrogen (secondary N) is 3. The van der Waals surface area contributed by atoms with E-state index < -0.39 is 53.3 Å². The van der Waals surface area contributed by atoms with Crippen LogP contribution in [0.15, 0.2) is 60.9 Å². The van der Waals surface area contributed by atoms with Gasteiger partial charge in [-0.25, -0.2) is 14.8 Å². The van der Waals surface area contributed by atoms with E-state index in [0.717, 1.165) is 13.2 Å². The molecule has 2 aromatic heterocycles. The molecule has 16 nitrogen and oxygen atoms in total. The highest BCUT2D eigenvalue weighted by Gasteiger charge is 2.40. The van der Waals surface area contributed by atoms with E-state index in [1.165, 1.54) is 23.2 Å². The van der Waals surface area contributed by atoms with E-state index in [1.807, 2.05) is 30.6 Å². The first-order valence-electron chi connectivity index (χ1n) is 18.8. The second kappa shape index (κ2) is 17.5. The Morgan fingerprint density at radius 3 is 2.27 bits per heavy atom. The van der Waals surface area contributed by atoms with Crippen molar-refractivity contribution in [1.82, 2.24) is 30.1 Å². The predicted octanol–water partition coefficient (Wildman–Crippen LogP) is 5.37. The number of carbonyl (C=O) groups is 5. The fourth-order valence-electron chi connectivity index (χ4n) is 6.97. The molecule has 0 aliphatic carbocycles. The van der Waals surface area contributed by atoms with Crippen LogP contribution in [0.3, 0.4) is 0 Å². The third-order valence-corrected chi connectivity index (χ3v) is 10.4. The zero-order valence-electron chi connectivity index (χ0n) is 33.1. The van der Waals surface area contributed by atoms with Gasteiger partial charge in [-0.15, -0.1) is 13.2 Å². The Kier molecular flexibility index (Phi) is 12.6. The number of halogens is 4. The van der Waals surface area contributed by atoms with Gasteiger partial charge in [0, 0.05) is 67.7 Å². The lowest BCUT2D eigenvalue weighted by atomic mass is 9.94. The number of methoxy groups -OCH3 is 1.